The van der Waals surface area contributed by atoms with Crippen LogP contribution in [0.15, 0.2) is 51.4 Å². The minimum atomic E-state index is -0.857. The molecule has 34 heavy (non-hydrogen) atoms. The lowest BCUT2D eigenvalue weighted by molar-refractivity contribution is -0.136. The molecule has 0 saturated heterocycles. The summed E-state index contributed by atoms with van der Waals surface area (Å²) in [5, 5.41) is 11.0. The molecule has 1 aromatic heterocycles. The third-order valence-electron chi connectivity index (χ3n) is 5.26. The number of hydrogen-bond acceptors (Lipinski definition) is 7. The zero-order valence-electron chi connectivity index (χ0n) is 18.1. The van der Waals surface area contributed by atoms with Gasteiger partial charge in [0.1, 0.15) is 17.5 Å². The summed E-state index contributed by atoms with van der Waals surface area (Å²) in [6.45, 7) is 1.70. The maximum Gasteiger partial charge on any atom is 0.338 e. The van der Waals surface area contributed by atoms with Crippen molar-refractivity contribution in [2.75, 3.05) is 14.2 Å². The minimum Gasteiger partial charge on any atom is -0.506 e. The van der Waals surface area contributed by atoms with Crippen molar-refractivity contribution in [1.82, 2.24) is 4.57 Å². The molecule has 0 amide bonds. The maximum atomic E-state index is 13.7. The summed E-state index contributed by atoms with van der Waals surface area (Å²) >= 11 is 11.7. The Morgan fingerprint density at radius 1 is 1.26 bits per heavy atom. The molecule has 1 aliphatic heterocycles. The number of carbonyl (C=O) groups excluding carboxylic acids is 1. The van der Waals surface area contributed by atoms with Gasteiger partial charge in [-0.05, 0) is 88.5 Å². The predicted octanol–water partition coefficient (Wildman–Crippen LogP) is 3.99. The first kappa shape index (κ1) is 25.2. The first-order chi connectivity index (χ1) is 16.2. The minimum absolute atomic E-state index is 0.0892. The van der Waals surface area contributed by atoms with Crippen LogP contribution in [0.2, 0.25) is 5.02 Å². The van der Waals surface area contributed by atoms with Gasteiger partial charge >= 0.3 is 5.97 Å². The number of aromatic nitrogens is 1. The monoisotopic (exact) mass is 722 g/mol. The van der Waals surface area contributed by atoms with Crippen LogP contribution in [0, 0.1) is 7.14 Å². The van der Waals surface area contributed by atoms with Gasteiger partial charge in [-0.3, -0.25) is 9.36 Å². The number of allylic oxidation sites excluding steroid dienone is 1. The number of nitrogens with zero attached hydrogens (tertiary/aromatic N) is 2. The summed E-state index contributed by atoms with van der Waals surface area (Å²) in [6.07, 6.45) is 1.63. The van der Waals surface area contributed by atoms with E-state index in [9.17, 15) is 14.7 Å². The number of phenols is 1. The summed E-state index contributed by atoms with van der Waals surface area (Å²) in [6, 6.07) is 7.79. The van der Waals surface area contributed by atoms with Crippen LogP contribution in [0.4, 0.5) is 0 Å². The zero-order valence-corrected chi connectivity index (χ0v) is 23.9. The van der Waals surface area contributed by atoms with E-state index in [1.807, 2.05) is 28.7 Å². The van der Waals surface area contributed by atoms with Gasteiger partial charge in [0, 0.05) is 19.7 Å². The predicted molar refractivity (Wildman–Crippen MR) is 147 cm³/mol. The van der Waals surface area contributed by atoms with Crippen LogP contribution >= 0.6 is 68.1 Å². The Morgan fingerprint density at radius 2 is 2.00 bits per heavy atom. The topological polar surface area (TPSA) is 90.1 Å². The Balaban J connectivity index is 2.05. The number of carbonyl (C=O) groups is 1. The number of ether oxygens (including phenoxy) is 2. The first-order valence-corrected chi connectivity index (χ1v) is 13.1. The Hall–Kier alpha value is -1.90. The molecule has 0 saturated carbocycles. The van der Waals surface area contributed by atoms with Crippen LogP contribution in [0.5, 0.6) is 11.5 Å². The normalized spacial score (nSPS) is 15.7. The molecule has 2 heterocycles. The first-order valence-electron chi connectivity index (χ1n) is 9.78. The lowest BCUT2D eigenvalue weighted by Crippen LogP contribution is -2.40. The number of esters is 1. The Kier molecular flexibility index (Phi) is 7.41. The Labute approximate surface area is 230 Å². The molecule has 2 aromatic carbocycles. The van der Waals surface area contributed by atoms with E-state index in [0.29, 0.717) is 40.5 Å². The van der Waals surface area contributed by atoms with Gasteiger partial charge in [0.25, 0.3) is 5.56 Å². The molecular formula is C23H17ClI2N2O5S. The summed E-state index contributed by atoms with van der Waals surface area (Å²) in [7, 11) is 2.79. The molecule has 0 bridgehead atoms. The molecule has 176 valence electrons. The summed E-state index contributed by atoms with van der Waals surface area (Å²) in [5.74, 6) is -0.0522. The Morgan fingerprint density at radius 3 is 2.68 bits per heavy atom. The average Bonchev–Trinajstić information content (AvgIpc) is 3.10. The fourth-order valence-electron chi connectivity index (χ4n) is 3.74. The number of halogens is 3. The number of rotatable bonds is 4. The van der Waals surface area contributed by atoms with E-state index in [0.717, 1.165) is 3.57 Å². The molecular weight excluding hydrogens is 706 g/mol. The number of hydrogen-bond donors (Lipinski definition) is 1. The summed E-state index contributed by atoms with van der Waals surface area (Å²) < 4.78 is 14.0. The van der Waals surface area contributed by atoms with Crippen LogP contribution in [0.25, 0.3) is 6.08 Å². The molecule has 7 nitrogen and oxygen atoms in total. The molecule has 4 rings (SSSR count). The van der Waals surface area contributed by atoms with Gasteiger partial charge in [-0.2, -0.15) is 0 Å². The molecule has 3 aromatic rings. The van der Waals surface area contributed by atoms with Crippen LogP contribution in [-0.2, 0) is 9.53 Å². The van der Waals surface area contributed by atoms with Gasteiger partial charge < -0.3 is 14.6 Å². The van der Waals surface area contributed by atoms with Crippen molar-refractivity contribution in [2.24, 2.45) is 4.99 Å². The van der Waals surface area contributed by atoms with Crippen LogP contribution in [0.3, 0.4) is 0 Å². The van der Waals surface area contributed by atoms with Crippen LogP contribution in [0.1, 0.15) is 24.1 Å². The number of phenolic OH excluding ortho intramolecular Hbond substituents is 1. The highest BCUT2D eigenvalue weighted by molar-refractivity contribution is 14.1. The van der Waals surface area contributed by atoms with Crippen molar-refractivity contribution in [3.05, 3.63) is 84.6 Å². The number of thiazole rings is 1. The van der Waals surface area contributed by atoms with Crippen LogP contribution < -0.4 is 19.6 Å². The van der Waals surface area contributed by atoms with Gasteiger partial charge in [0.15, 0.2) is 4.80 Å². The molecule has 11 heteroatoms. The number of fused-ring (bicyclic) bond motifs is 1. The van der Waals surface area contributed by atoms with Crippen LogP contribution in [-0.4, -0.2) is 29.9 Å². The zero-order chi connectivity index (χ0) is 24.7. The van der Waals surface area contributed by atoms with E-state index in [1.165, 1.54) is 30.1 Å². The highest BCUT2D eigenvalue weighted by atomic mass is 127. The molecule has 0 aliphatic carbocycles. The van der Waals surface area contributed by atoms with E-state index in [4.69, 9.17) is 21.1 Å². The van der Waals surface area contributed by atoms with E-state index < -0.39 is 12.0 Å². The quantitative estimate of drug-likeness (QED) is 0.326. The molecule has 0 spiro atoms. The maximum absolute atomic E-state index is 13.7. The molecule has 1 aliphatic rings. The number of benzene rings is 2. The van der Waals surface area contributed by atoms with Gasteiger partial charge in [-0.1, -0.05) is 22.9 Å². The fourth-order valence-corrected chi connectivity index (χ4v) is 6.85. The second-order valence-corrected chi connectivity index (χ2v) is 11.1. The van der Waals surface area contributed by atoms with Crippen molar-refractivity contribution in [2.45, 2.75) is 13.0 Å². The SMILES string of the molecule is COC(=O)C1=C(C)N=c2s/c(=C\c3cc(I)cc(I)c3O)c(=O)n2[C@H]1c1cc(Cl)ccc1OC. The largest absolute Gasteiger partial charge is 0.506 e. The second kappa shape index (κ2) is 9.99. The van der Waals surface area contributed by atoms with E-state index >= 15 is 0 Å². The van der Waals surface area contributed by atoms with Crippen molar-refractivity contribution >= 4 is 80.2 Å². The van der Waals surface area contributed by atoms with Crippen molar-refractivity contribution in [3.8, 4) is 11.5 Å². The lowest BCUT2D eigenvalue weighted by atomic mass is 9.95. The fraction of sp³-hybridized carbons (Fsp3) is 0.174. The molecule has 1 atom stereocenters. The second-order valence-electron chi connectivity index (χ2n) is 7.29. The highest BCUT2D eigenvalue weighted by Crippen LogP contribution is 2.37. The van der Waals surface area contributed by atoms with Crippen molar-refractivity contribution in [3.63, 3.8) is 0 Å². The number of aromatic hydroxyl groups is 1. The average molecular weight is 723 g/mol. The van der Waals surface area contributed by atoms with E-state index in [1.54, 1.807) is 37.3 Å². The van der Waals surface area contributed by atoms with E-state index in [-0.39, 0.29) is 16.9 Å². The summed E-state index contributed by atoms with van der Waals surface area (Å²) in [5.41, 5.74) is 1.33. The van der Waals surface area contributed by atoms with Crippen molar-refractivity contribution < 1.29 is 19.4 Å². The summed E-state index contributed by atoms with van der Waals surface area (Å²) in [4.78, 5) is 31.4. The Bertz CT molecular complexity index is 1540. The molecule has 0 unspecified atom stereocenters. The highest BCUT2D eigenvalue weighted by Gasteiger charge is 2.35. The van der Waals surface area contributed by atoms with E-state index in [2.05, 4.69) is 27.6 Å². The van der Waals surface area contributed by atoms with Gasteiger partial charge in [0.05, 0.1) is 33.6 Å². The standard InChI is InChI=1S/C23H17ClI2N2O5S/c1-10-18(22(31)33-3)19(14-8-12(24)4-5-16(14)32-2)28-21(30)17(34-23(28)27-10)7-11-6-13(25)9-15(26)20(11)29/h4-9,19,29H,1-3H3/b17-7-/t19-/m0/s1. The van der Waals surface area contributed by atoms with Gasteiger partial charge in [0.2, 0.25) is 0 Å². The lowest BCUT2D eigenvalue weighted by Gasteiger charge is -2.25. The molecule has 0 fully saturated rings. The smallest absolute Gasteiger partial charge is 0.338 e. The van der Waals surface area contributed by atoms with Gasteiger partial charge in [-0.25, -0.2) is 9.79 Å². The third kappa shape index (κ3) is 4.52. The number of methoxy groups -OCH3 is 2. The third-order valence-corrected chi connectivity index (χ3v) is 7.92. The van der Waals surface area contributed by atoms with Crippen molar-refractivity contribution in [1.29, 1.82) is 0 Å². The molecule has 1 N–H and O–H groups in total. The van der Waals surface area contributed by atoms with Gasteiger partial charge in [-0.15, -0.1) is 0 Å². The molecule has 0 radical (unpaired) electrons.